The molecule has 196 valence electrons. The lowest BCUT2D eigenvalue weighted by molar-refractivity contribution is -0.126. The Bertz CT molecular complexity index is 1200. The molecule has 1 aliphatic rings. The van der Waals surface area contributed by atoms with Gasteiger partial charge in [-0.1, -0.05) is 23.9 Å². The summed E-state index contributed by atoms with van der Waals surface area (Å²) in [5.41, 5.74) is 10.3. The molecule has 0 aliphatic carbocycles. The van der Waals surface area contributed by atoms with Crippen LogP contribution in [0, 0.1) is 11.3 Å². The first-order valence-electron chi connectivity index (χ1n) is 12.4. The number of amidine groups is 1. The maximum Gasteiger partial charge on any atom is 0.237 e. The van der Waals surface area contributed by atoms with Crippen molar-refractivity contribution in [3.8, 4) is 11.8 Å². The van der Waals surface area contributed by atoms with E-state index in [9.17, 15) is 10.1 Å². The number of nitriles is 1. The van der Waals surface area contributed by atoms with Crippen LogP contribution in [0.3, 0.4) is 0 Å². The van der Waals surface area contributed by atoms with Gasteiger partial charge < -0.3 is 25.7 Å². The largest absolute Gasteiger partial charge is 0.490 e. The molecule has 1 atom stereocenters. The van der Waals surface area contributed by atoms with Gasteiger partial charge in [-0.3, -0.25) is 9.69 Å². The topological polar surface area (TPSA) is 133 Å². The predicted molar refractivity (Wildman–Crippen MR) is 143 cm³/mol. The molecular formula is C28H35N5O4. The zero-order valence-electron chi connectivity index (χ0n) is 21.7. The highest BCUT2D eigenvalue weighted by atomic mass is 16.6. The van der Waals surface area contributed by atoms with Gasteiger partial charge in [-0.25, -0.2) is 0 Å². The molecule has 9 nitrogen and oxygen atoms in total. The van der Waals surface area contributed by atoms with E-state index in [1.54, 1.807) is 18.2 Å². The summed E-state index contributed by atoms with van der Waals surface area (Å²) in [6.45, 7) is 11.3. The lowest BCUT2D eigenvalue weighted by Crippen LogP contribution is -2.46. The second kappa shape index (κ2) is 12.9. The summed E-state index contributed by atoms with van der Waals surface area (Å²) in [5, 5.41) is 25.2. The van der Waals surface area contributed by atoms with Crippen molar-refractivity contribution in [2.24, 2.45) is 10.9 Å². The number of fused-ring (bicyclic) bond motifs is 1. The minimum atomic E-state index is -0.279. The van der Waals surface area contributed by atoms with Gasteiger partial charge in [0.25, 0.3) is 0 Å². The van der Waals surface area contributed by atoms with E-state index in [0.29, 0.717) is 16.9 Å². The number of oxime groups is 1. The van der Waals surface area contributed by atoms with Crippen molar-refractivity contribution < 1.29 is 19.5 Å². The average Bonchev–Trinajstić information content (AvgIpc) is 3.11. The number of amides is 1. The second-order valence-electron chi connectivity index (χ2n) is 9.19. The van der Waals surface area contributed by atoms with Gasteiger partial charge in [0.2, 0.25) is 5.91 Å². The third kappa shape index (κ3) is 7.32. The van der Waals surface area contributed by atoms with Gasteiger partial charge in [0.15, 0.2) is 11.6 Å². The van der Waals surface area contributed by atoms with Crippen molar-refractivity contribution in [1.82, 2.24) is 10.2 Å². The Hall–Kier alpha value is -3.87. The number of aliphatic hydroxyl groups is 1. The van der Waals surface area contributed by atoms with E-state index in [4.69, 9.17) is 20.4 Å². The van der Waals surface area contributed by atoms with Crippen LogP contribution in [-0.4, -0.2) is 60.1 Å². The van der Waals surface area contributed by atoms with E-state index >= 15 is 0 Å². The molecule has 1 heterocycles. The van der Waals surface area contributed by atoms with Gasteiger partial charge in [-0.15, -0.1) is 0 Å². The van der Waals surface area contributed by atoms with Gasteiger partial charge in [0, 0.05) is 30.8 Å². The second-order valence-corrected chi connectivity index (χ2v) is 9.19. The third-order valence-electron chi connectivity index (χ3n) is 6.22. The van der Waals surface area contributed by atoms with Crippen LogP contribution in [0.2, 0.25) is 0 Å². The lowest BCUT2D eigenvalue weighted by Gasteiger charge is -2.26. The fourth-order valence-electron chi connectivity index (χ4n) is 4.14. The number of ether oxygens (including phenoxy) is 1. The summed E-state index contributed by atoms with van der Waals surface area (Å²) < 4.78 is 5.66. The van der Waals surface area contributed by atoms with Gasteiger partial charge >= 0.3 is 0 Å². The van der Waals surface area contributed by atoms with Gasteiger partial charge in [-0.2, -0.15) is 5.26 Å². The number of benzene rings is 2. The van der Waals surface area contributed by atoms with Crippen LogP contribution in [0.5, 0.6) is 5.75 Å². The SMILES string of the molecule is C=C(O/N=C(\N)c1ccc2c(c1)CCN(C(C)C(=O)NCCO)CC2)c1ccc(OC(C)C)c(C#N)c1. The normalized spacial score (nSPS) is 14.8. The Kier molecular flexibility index (Phi) is 9.66. The number of carbonyl (C=O) groups is 1. The molecule has 0 radical (unpaired) electrons. The van der Waals surface area contributed by atoms with Crippen molar-refractivity contribution in [2.45, 2.75) is 45.8 Å². The van der Waals surface area contributed by atoms with E-state index < -0.39 is 0 Å². The Morgan fingerprint density at radius 2 is 1.89 bits per heavy atom. The first-order valence-corrected chi connectivity index (χ1v) is 12.4. The molecule has 0 fully saturated rings. The van der Waals surface area contributed by atoms with Crippen LogP contribution < -0.4 is 15.8 Å². The summed E-state index contributed by atoms with van der Waals surface area (Å²) in [6, 6.07) is 12.9. The maximum atomic E-state index is 12.3. The summed E-state index contributed by atoms with van der Waals surface area (Å²) in [4.78, 5) is 19.9. The summed E-state index contributed by atoms with van der Waals surface area (Å²) in [5.74, 6) is 0.885. The number of nitrogens with one attached hydrogen (secondary N) is 1. The van der Waals surface area contributed by atoms with Crippen LogP contribution in [0.15, 0.2) is 48.1 Å². The fourth-order valence-corrected chi connectivity index (χ4v) is 4.14. The van der Waals surface area contributed by atoms with Crippen LogP contribution in [0.25, 0.3) is 5.76 Å². The van der Waals surface area contributed by atoms with Crippen LogP contribution >= 0.6 is 0 Å². The highest BCUT2D eigenvalue weighted by Crippen LogP contribution is 2.25. The quantitative estimate of drug-likeness (QED) is 0.196. The molecule has 9 heteroatoms. The third-order valence-corrected chi connectivity index (χ3v) is 6.22. The van der Waals surface area contributed by atoms with E-state index in [2.05, 4.69) is 28.0 Å². The molecule has 4 N–H and O–H groups in total. The molecule has 0 bridgehead atoms. The van der Waals surface area contributed by atoms with Crippen molar-refractivity contribution >= 4 is 17.5 Å². The molecule has 37 heavy (non-hydrogen) atoms. The Morgan fingerprint density at radius 1 is 1.19 bits per heavy atom. The molecule has 2 aromatic carbocycles. The number of nitrogens with two attached hydrogens (primary N) is 1. The van der Waals surface area contributed by atoms with Crippen LogP contribution in [-0.2, 0) is 22.5 Å². The molecule has 1 aliphatic heterocycles. The highest BCUT2D eigenvalue weighted by Gasteiger charge is 2.23. The van der Waals surface area contributed by atoms with E-state index in [0.717, 1.165) is 37.1 Å². The number of hydrogen-bond acceptors (Lipinski definition) is 7. The number of nitrogens with zero attached hydrogens (tertiary/aromatic N) is 3. The first-order chi connectivity index (χ1) is 17.7. The van der Waals surface area contributed by atoms with E-state index in [-0.39, 0.29) is 42.8 Å². The Morgan fingerprint density at radius 3 is 2.57 bits per heavy atom. The Labute approximate surface area is 218 Å². The van der Waals surface area contributed by atoms with E-state index in [1.807, 2.05) is 39.0 Å². The Balaban J connectivity index is 1.66. The molecule has 0 saturated heterocycles. The number of carbonyl (C=O) groups excluding carboxylic acids is 1. The zero-order chi connectivity index (χ0) is 26.9. The lowest BCUT2D eigenvalue weighted by atomic mass is 10.00. The number of hydrogen-bond donors (Lipinski definition) is 3. The number of aliphatic hydroxyl groups excluding tert-OH is 1. The molecule has 2 aromatic rings. The van der Waals surface area contributed by atoms with Crippen LogP contribution in [0.1, 0.15) is 48.6 Å². The summed E-state index contributed by atoms with van der Waals surface area (Å²) in [7, 11) is 0. The van der Waals surface area contributed by atoms with Crippen molar-refractivity contribution in [3.05, 3.63) is 70.8 Å². The van der Waals surface area contributed by atoms with Gasteiger partial charge in [0.05, 0.1) is 24.3 Å². The minimum absolute atomic E-state index is 0.0504. The number of rotatable bonds is 10. The zero-order valence-corrected chi connectivity index (χ0v) is 21.7. The van der Waals surface area contributed by atoms with Crippen molar-refractivity contribution in [3.63, 3.8) is 0 Å². The monoisotopic (exact) mass is 505 g/mol. The maximum absolute atomic E-state index is 12.3. The molecule has 0 saturated carbocycles. The molecule has 0 spiro atoms. The van der Waals surface area contributed by atoms with Crippen molar-refractivity contribution in [1.29, 1.82) is 5.26 Å². The first kappa shape index (κ1) is 27.7. The molecule has 1 unspecified atom stereocenters. The average molecular weight is 506 g/mol. The molecule has 1 amide bonds. The van der Waals surface area contributed by atoms with Crippen molar-refractivity contribution in [2.75, 3.05) is 26.2 Å². The molecule has 3 rings (SSSR count). The van der Waals surface area contributed by atoms with Crippen LogP contribution in [0.4, 0.5) is 0 Å². The summed E-state index contributed by atoms with van der Waals surface area (Å²) >= 11 is 0. The predicted octanol–water partition coefficient (Wildman–Crippen LogP) is 2.55. The van der Waals surface area contributed by atoms with E-state index in [1.165, 1.54) is 5.56 Å². The standard InChI is InChI=1S/C28H35N5O4/c1-18(2)36-26-8-7-22(15-25(26)17-29)20(4)37-32-27(30)24-6-5-21-9-12-33(13-10-23(21)16-24)19(3)28(35)31-11-14-34/h5-8,15-16,18-19,34H,4,9-14H2,1-3H3,(H2,30,32)(H,31,35). The smallest absolute Gasteiger partial charge is 0.237 e. The molecular weight excluding hydrogens is 470 g/mol. The molecule has 0 aromatic heterocycles. The minimum Gasteiger partial charge on any atom is -0.490 e. The summed E-state index contributed by atoms with van der Waals surface area (Å²) in [6.07, 6.45) is 1.53. The van der Waals surface area contributed by atoms with Gasteiger partial charge in [-0.05, 0) is 69.0 Å². The highest BCUT2D eigenvalue weighted by molar-refractivity contribution is 5.97. The van der Waals surface area contributed by atoms with Gasteiger partial charge in [0.1, 0.15) is 11.8 Å². The fraction of sp³-hybridized carbons (Fsp3) is 0.393.